The van der Waals surface area contributed by atoms with Gasteiger partial charge in [-0.2, -0.15) is 0 Å². The van der Waals surface area contributed by atoms with E-state index in [1.807, 2.05) is 36.4 Å². The Morgan fingerprint density at radius 2 is 1.90 bits per heavy atom. The Morgan fingerprint density at radius 1 is 1.10 bits per heavy atom. The summed E-state index contributed by atoms with van der Waals surface area (Å²) in [5.74, 6) is -0.379. The number of nitrogens with zero attached hydrogens (tertiary/aromatic N) is 1. The number of ether oxygens (including phenoxy) is 1. The number of benzene rings is 1. The molecular weight excluding hydrogens is 250 g/mol. The highest BCUT2D eigenvalue weighted by molar-refractivity contribution is 5.87. The van der Waals surface area contributed by atoms with Crippen LogP contribution in [0.3, 0.4) is 0 Å². The molecule has 0 spiro atoms. The van der Waals surface area contributed by atoms with Gasteiger partial charge in [0.05, 0.1) is 0 Å². The molecule has 0 unspecified atom stereocenters. The molecule has 1 aromatic heterocycles. The molecule has 0 saturated heterocycles. The molecule has 0 bridgehead atoms. The van der Waals surface area contributed by atoms with Crippen LogP contribution in [-0.2, 0) is 17.8 Å². The molecule has 0 fully saturated rings. The summed E-state index contributed by atoms with van der Waals surface area (Å²) >= 11 is 0. The van der Waals surface area contributed by atoms with Gasteiger partial charge in [-0.15, -0.1) is 0 Å². The highest BCUT2D eigenvalue weighted by Gasteiger charge is 2.08. The van der Waals surface area contributed by atoms with E-state index in [0.717, 1.165) is 30.4 Å². The van der Waals surface area contributed by atoms with Gasteiger partial charge in [-0.25, -0.2) is 9.78 Å². The van der Waals surface area contributed by atoms with Crippen LogP contribution in [0.5, 0.6) is 0 Å². The van der Waals surface area contributed by atoms with Gasteiger partial charge in [0.1, 0.15) is 12.3 Å². The third-order valence-corrected chi connectivity index (χ3v) is 3.07. The molecule has 1 heterocycles. The Kier molecular flexibility index (Phi) is 5.30. The van der Waals surface area contributed by atoms with Crippen molar-refractivity contribution in [1.29, 1.82) is 0 Å². The Balaban J connectivity index is 1.89. The van der Waals surface area contributed by atoms with E-state index >= 15 is 0 Å². The summed E-state index contributed by atoms with van der Waals surface area (Å²) in [6, 6.07) is 13.3. The van der Waals surface area contributed by atoms with Crippen molar-refractivity contribution in [3.8, 4) is 0 Å². The van der Waals surface area contributed by atoms with E-state index in [2.05, 4.69) is 11.9 Å². The number of hydrogen-bond acceptors (Lipinski definition) is 3. The summed E-state index contributed by atoms with van der Waals surface area (Å²) < 4.78 is 5.23. The van der Waals surface area contributed by atoms with Gasteiger partial charge in [0.2, 0.25) is 0 Å². The third kappa shape index (κ3) is 4.19. The Morgan fingerprint density at radius 3 is 2.55 bits per heavy atom. The lowest BCUT2D eigenvalue weighted by Gasteiger charge is -2.05. The lowest BCUT2D eigenvalue weighted by atomic mass is 10.1. The van der Waals surface area contributed by atoms with Gasteiger partial charge in [0.15, 0.2) is 0 Å². The highest BCUT2D eigenvalue weighted by Crippen LogP contribution is 2.07. The van der Waals surface area contributed by atoms with E-state index in [4.69, 9.17) is 4.74 Å². The molecule has 0 aliphatic heterocycles. The topological polar surface area (TPSA) is 39.2 Å². The summed E-state index contributed by atoms with van der Waals surface area (Å²) in [4.78, 5) is 16.0. The maximum absolute atomic E-state index is 11.9. The van der Waals surface area contributed by atoms with E-state index < -0.39 is 0 Å². The summed E-state index contributed by atoms with van der Waals surface area (Å²) in [7, 11) is 0. The van der Waals surface area contributed by atoms with Gasteiger partial charge in [-0.1, -0.05) is 49.7 Å². The number of pyridine rings is 1. The molecule has 0 saturated carbocycles. The molecule has 1 aromatic carbocycles. The van der Waals surface area contributed by atoms with Crippen molar-refractivity contribution >= 4 is 5.97 Å². The SMILES string of the molecule is CCCCc1ccc(C(=O)OCc2ccccc2)nc1. The van der Waals surface area contributed by atoms with Gasteiger partial charge in [-0.05, 0) is 30.0 Å². The molecular formula is C17H19NO2. The van der Waals surface area contributed by atoms with Crippen LogP contribution in [0.4, 0.5) is 0 Å². The van der Waals surface area contributed by atoms with Gasteiger partial charge in [-0.3, -0.25) is 0 Å². The molecule has 0 aliphatic rings. The Bertz CT molecular complexity index is 535. The fraction of sp³-hybridized carbons (Fsp3) is 0.294. The zero-order chi connectivity index (χ0) is 14.2. The van der Waals surface area contributed by atoms with Crippen molar-refractivity contribution in [2.75, 3.05) is 0 Å². The smallest absolute Gasteiger partial charge is 0.357 e. The normalized spacial score (nSPS) is 10.2. The summed E-state index contributed by atoms with van der Waals surface area (Å²) in [6.07, 6.45) is 5.05. The van der Waals surface area contributed by atoms with Crippen LogP contribution in [0, 0.1) is 0 Å². The number of unbranched alkanes of at least 4 members (excludes halogenated alkanes) is 1. The van der Waals surface area contributed by atoms with Crippen molar-refractivity contribution in [1.82, 2.24) is 4.98 Å². The second kappa shape index (κ2) is 7.43. The first kappa shape index (κ1) is 14.3. The first-order valence-corrected chi connectivity index (χ1v) is 6.95. The quantitative estimate of drug-likeness (QED) is 0.749. The van der Waals surface area contributed by atoms with Gasteiger partial charge in [0.25, 0.3) is 0 Å². The molecule has 0 aliphatic carbocycles. The van der Waals surface area contributed by atoms with Crippen LogP contribution in [0.2, 0.25) is 0 Å². The molecule has 2 rings (SSSR count). The van der Waals surface area contributed by atoms with Gasteiger partial charge < -0.3 is 4.74 Å². The number of esters is 1. The molecule has 0 amide bonds. The fourth-order valence-corrected chi connectivity index (χ4v) is 1.87. The largest absolute Gasteiger partial charge is 0.456 e. The second-order valence-corrected chi connectivity index (χ2v) is 4.72. The number of aryl methyl sites for hydroxylation is 1. The van der Waals surface area contributed by atoms with Crippen molar-refractivity contribution in [2.24, 2.45) is 0 Å². The average Bonchev–Trinajstić information content (AvgIpc) is 2.52. The van der Waals surface area contributed by atoms with Crippen LogP contribution in [0.1, 0.15) is 41.4 Å². The zero-order valence-corrected chi connectivity index (χ0v) is 11.7. The number of carbonyl (C=O) groups is 1. The molecule has 20 heavy (non-hydrogen) atoms. The van der Waals surface area contributed by atoms with Crippen LogP contribution in [0.25, 0.3) is 0 Å². The standard InChI is InChI=1S/C17H19NO2/c1-2-3-7-14-10-11-16(18-12-14)17(19)20-13-15-8-5-4-6-9-15/h4-6,8-12H,2-3,7,13H2,1H3. The van der Waals surface area contributed by atoms with Crippen molar-refractivity contribution in [2.45, 2.75) is 32.8 Å². The summed E-state index contributed by atoms with van der Waals surface area (Å²) in [6.45, 7) is 2.43. The first-order valence-electron chi connectivity index (χ1n) is 6.95. The minimum atomic E-state index is -0.379. The molecule has 3 heteroatoms. The van der Waals surface area contributed by atoms with Crippen molar-refractivity contribution in [3.63, 3.8) is 0 Å². The van der Waals surface area contributed by atoms with Crippen LogP contribution in [0.15, 0.2) is 48.7 Å². The van der Waals surface area contributed by atoms with Crippen molar-refractivity contribution < 1.29 is 9.53 Å². The molecule has 0 radical (unpaired) electrons. The lowest BCUT2D eigenvalue weighted by molar-refractivity contribution is 0.0465. The lowest BCUT2D eigenvalue weighted by Crippen LogP contribution is -2.07. The molecule has 0 atom stereocenters. The second-order valence-electron chi connectivity index (χ2n) is 4.72. The number of aromatic nitrogens is 1. The first-order chi connectivity index (χ1) is 9.79. The molecule has 3 nitrogen and oxygen atoms in total. The molecule has 0 N–H and O–H groups in total. The Hall–Kier alpha value is -2.16. The zero-order valence-electron chi connectivity index (χ0n) is 11.7. The number of carbonyl (C=O) groups excluding carboxylic acids is 1. The highest BCUT2D eigenvalue weighted by atomic mass is 16.5. The van der Waals surface area contributed by atoms with E-state index in [0.29, 0.717) is 5.69 Å². The van der Waals surface area contributed by atoms with Crippen molar-refractivity contribution in [3.05, 3.63) is 65.5 Å². The third-order valence-electron chi connectivity index (χ3n) is 3.07. The van der Waals surface area contributed by atoms with Gasteiger partial charge in [0, 0.05) is 6.20 Å². The molecule has 104 valence electrons. The predicted octanol–water partition coefficient (Wildman–Crippen LogP) is 3.78. The van der Waals surface area contributed by atoms with Crippen LogP contribution in [-0.4, -0.2) is 11.0 Å². The number of hydrogen-bond donors (Lipinski definition) is 0. The van der Waals surface area contributed by atoms with E-state index in [-0.39, 0.29) is 12.6 Å². The van der Waals surface area contributed by atoms with E-state index in [1.54, 1.807) is 12.3 Å². The minimum Gasteiger partial charge on any atom is -0.456 e. The maximum atomic E-state index is 11.9. The fourth-order valence-electron chi connectivity index (χ4n) is 1.87. The predicted molar refractivity (Wildman–Crippen MR) is 78.4 cm³/mol. The Labute approximate surface area is 119 Å². The maximum Gasteiger partial charge on any atom is 0.357 e. The van der Waals surface area contributed by atoms with Crippen LogP contribution < -0.4 is 0 Å². The van der Waals surface area contributed by atoms with Gasteiger partial charge >= 0.3 is 5.97 Å². The number of rotatable bonds is 6. The summed E-state index contributed by atoms with van der Waals surface area (Å²) in [5, 5.41) is 0. The molecule has 2 aromatic rings. The van der Waals surface area contributed by atoms with Crippen LogP contribution >= 0.6 is 0 Å². The summed E-state index contributed by atoms with van der Waals surface area (Å²) in [5.41, 5.74) is 2.49. The van der Waals surface area contributed by atoms with E-state index in [1.165, 1.54) is 0 Å². The van der Waals surface area contributed by atoms with E-state index in [9.17, 15) is 4.79 Å². The average molecular weight is 269 g/mol. The monoisotopic (exact) mass is 269 g/mol. The minimum absolute atomic E-state index is 0.277.